The van der Waals surface area contributed by atoms with Crippen LogP contribution in [0.4, 0.5) is 5.69 Å². The minimum Gasteiger partial charge on any atom is -0.497 e. The molecule has 0 aliphatic rings. The van der Waals surface area contributed by atoms with Gasteiger partial charge in [0.1, 0.15) is 11.5 Å². The number of anilines is 1. The zero-order chi connectivity index (χ0) is 21.9. The van der Waals surface area contributed by atoms with Crippen molar-refractivity contribution in [2.24, 2.45) is 0 Å². The van der Waals surface area contributed by atoms with Crippen LogP contribution in [-0.2, 0) is 14.8 Å². The van der Waals surface area contributed by atoms with E-state index < -0.39 is 22.5 Å². The number of ether oxygens (including phenoxy) is 2. The third kappa shape index (κ3) is 4.61. The van der Waals surface area contributed by atoms with Gasteiger partial charge in [-0.05, 0) is 29.7 Å². The highest BCUT2D eigenvalue weighted by Gasteiger charge is 2.23. The summed E-state index contributed by atoms with van der Waals surface area (Å²) in [6, 6.07) is 12.0. The van der Waals surface area contributed by atoms with Crippen LogP contribution in [0.3, 0.4) is 0 Å². The van der Waals surface area contributed by atoms with Crippen LogP contribution >= 0.6 is 0 Å². The molecule has 158 valence electrons. The number of benzene rings is 2. The highest BCUT2D eigenvalue weighted by molar-refractivity contribution is 7.89. The fourth-order valence-corrected chi connectivity index (χ4v) is 4.00. The predicted molar refractivity (Wildman–Crippen MR) is 113 cm³/mol. The lowest BCUT2D eigenvalue weighted by molar-refractivity contribution is -0.116. The average molecular weight is 431 g/mol. The van der Waals surface area contributed by atoms with Crippen LogP contribution in [0.15, 0.2) is 58.2 Å². The summed E-state index contributed by atoms with van der Waals surface area (Å²) in [5.74, 6) is 0.446. The van der Waals surface area contributed by atoms with Gasteiger partial charge in [0.25, 0.3) is 0 Å². The number of amides is 1. The van der Waals surface area contributed by atoms with Crippen LogP contribution < -0.4 is 20.3 Å². The van der Waals surface area contributed by atoms with Crippen molar-refractivity contribution in [3.05, 3.63) is 58.9 Å². The molecule has 0 radical (unpaired) electrons. The second-order valence-corrected chi connectivity index (χ2v) is 8.53. The van der Waals surface area contributed by atoms with Crippen molar-refractivity contribution < 1.29 is 22.7 Å². The molecule has 0 unspecified atom stereocenters. The Morgan fingerprint density at radius 3 is 2.33 bits per heavy atom. The number of fused-ring (bicyclic) bond motifs is 1. The molecule has 0 saturated carbocycles. The molecular formula is C20H21N3O6S. The van der Waals surface area contributed by atoms with Crippen LogP contribution in [0.1, 0.15) is 0 Å². The Kier molecular flexibility index (Phi) is 6.09. The molecule has 0 saturated heterocycles. The van der Waals surface area contributed by atoms with E-state index in [1.54, 1.807) is 18.2 Å². The van der Waals surface area contributed by atoms with Gasteiger partial charge in [-0.25, -0.2) is 8.42 Å². The van der Waals surface area contributed by atoms with Crippen molar-refractivity contribution in [2.75, 3.05) is 33.1 Å². The summed E-state index contributed by atoms with van der Waals surface area (Å²) < 4.78 is 37.0. The van der Waals surface area contributed by atoms with Gasteiger partial charge in [-0.2, -0.15) is 4.31 Å². The molecule has 0 aliphatic carbocycles. The van der Waals surface area contributed by atoms with Gasteiger partial charge in [0.2, 0.25) is 21.5 Å². The molecule has 0 atom stereocenters. The fraction of sp³-hybridized carbons (Fsp3) is 0.200. The van der Waals surface area contributed by atoms with Crippen LogP contribution in [0.5, 0.6) is 11.5 Å². The lowest BCUT2D eigenvalue weighted by Crippen LogP contribution is -2.35. The summed E-state index contributed by atoms with van der Waals surface area (Å²) >= 11 is 0. The quantitative estimate of drug-likeness (QED) is 0.589. The molecule has 0 spiro atoms. The van der Waals surface area contributed by atoms with Gasteiger partial charge < -0.3 is 19.8 Å². The lowest BCUT2D eigenvalue weighted by Gasteiger charge is -2.17. The summed E-state index contributed by atoms with van der Waals surface area (Å²) in [6.07, 6.45) is 0. The minimum absolute atomic E-state index is 0.0143. The first-order valence-electron chi connectivity index (χ1n) is 8.85. The number of hydrogen-bond acceptors (Lipinski definition) is 6. The van der Waals surface area contributed by atoms with Crippen LogP contribution in [0.2, 0.25) is 0 Å². The molecule has 3 rings (SSSR count). The third-order valence-corrected chi connectivity index (χ3v) is 6.20. The number of methoxy groups -OCH3 is 2. The van der Waals surface area contributed by atoms with Gasteiger partial charge in [0.05, 0.1) is 25.7 Å². The summed E-state index contributed by atoms with van der Waals surface area (Å²) in [7, 11) is 0.367. The number of H-pyrrole nitrogens is 1. The summed E-state index contributed by atoms with van der Waals surface area (Å²) in [5.41, 5.74) is 0.659. The highest BCUT2D eigenvalue weighted by atomic mass is 32.2. The topological polar surface area (TPSA) is 118 Å². The Morgan fingerprint density at radius 2 is 1.70 bits per heavy atom. The highest BCUT2D eigenvalue weighted by Crippen LogP contribution is 2.26. The molecule has 1 heterocycles. The standard InChI is InChI=1S/C20H21N3O6S/c1-23(12-20(25)21-14-9-15(28-2)11-16(10-14)29-3)30(26,27)17-5-6-18-13(8-17)4-7-19(24)22-18/h4-11H,12H2,1-3H3,(H,21,25)(H,22,24). The van der Waals surface area contributed by atoms with E-state index in [9.17, 15) is 18.0 Å². The van der Waals surface area contributed by atoms with Crippen molar-refractivity contribution in [3.8, 4) is 11.5 Å². The SMILES string of the molecule is COc1cc(NC(=O)CN(C)S(=O)(=O)c2ccc3[nH]c(=O)ccc3c2)cc(OC)c1. The number of rotatable bonds is 7. The number of pyridine rings is 1. The monoisotopic (exact) mass is 431 g/mol. The molecule has 0 bridgehead atoms. The minimum atomic E-state index is -3.92. The van der Waals surface area contributed by atoms with E-state index in [0.29, 0.717) is 28.1 Å². The van der Waals surface area contributed by atoms with Crippen LogP contribution in [-0.4, -0.2) is 51.4 Å². The molecular weight excluding hydrogens is 410 g/mol. The molecule has 9 nitrogen and oxygen atoms in total. The molecule has 1 amide bonds. The van der Waals surface area contributed by atoms with Gasteiger partial charge in [0, 0.05) is 42.5 Å². The van der Waals surface area contributed by atoms with E-state index in [0.717, 1.165) is 4.31 Å². The van der Waals surface area contributed by atoms with Gasteiger partial charge >= 0.3 is 0 Å². The Bertz CT molecular complexity index is 1230. The van der Waals surface area contributed by atoms with Crippen molar-refractivity contribution >= 4 is 32.5 Å². The number of carbonyl (C=O) groups is 1. The smallest absolute Gasteiger partial charge is 0.248 e. The molecule has 30 heavy (non-hydrogen) atoms. The predicted octanol–water partition coefficient (Wildman–Crippen LogP) is 1.80. The Morgan fingerprint density at radius 1 is 1.03 bits per heavy atom. The fourth-order valence-electron chi connectivity index (χ4n) is 2.84. The largest absolute Gasteiger partial charge is 0.497 e. The van der Waals surface area contributed by atoms with Crippen LogP contribution in [0.25, 0.3) is 10.9 Å². The molecule has 2 N–H and O–H groups in total. The number of nitrogens with one attached hydrogen (secondary N) is 2. The Hall–Kier alpha value is -3.37. The second kappa shape index (κ2) is 8.56. The van der Waals surface area contributed by atoms with Crippen molar-refractivity contribution in [1.82, 2.24) is 9.29 Å². The molecule has 2 aromatic carbocycles. The van der Waals surface area contributed by atoms with Gasteiger partial charge in [0.15, 0.2) is 0 Å². The first-order valence-corrected chi connectivity index (χ1v) is 10.3. The maximum Gasteiger partial charge on any atom is 0.248 e. The number of nitrogens with zero attached hydrogens (tertiary/aromatic N) is 1. The number of aromatic nitrogens is 1. The van der Waals surface area contributed by atoms with Gasteiger partial charge in [-0.15, -0.1) is 0 Å². The number of sulfonamides is 1. The number of likely N-dealkylation sites (N-methyl/N-ethyl adjacent to an activating group) is 1. The van der Waals surface area contributed by atoms with E-state index in [2.05, 4.69) is 10.3 Å². The summed E-state index contributed by atoms with van der Waals surface area (Å²) in [6.45, 7) is -0.397. The molecule has 1 aromatic heterocycles. The molecule has 0 fully saturated rings. The first-order chi connectivity index (χ1) is 14.2. The molecule has 0 aliphatic heterocycles. The van der Waals surface area contributed by atoms with E-state index in [-0.39, 0.29) is 10.5 Å². The average Bonchev–Trinajstić information content (AvgIpc) is 2.72. The van der Waals surface area contributed by atoms with Crippen molar-refractivity contribution in [3.63, 3.8) is 0 Å². The van der Waals surface area contributed by atoms with E-state index in [4.69, 9.17) is 9.47 Å². The third-order valence-electron chi connectivity index (χ3n) is 4.40. The first kappa shape index (κ1) is 21.3. The summed E-state index contributed by atoms with van der Waals surface area (Å²) in [5, 5.41) is 3.20. The van der Waals surface area contributed by atoms with Gasteiger partial charge in [-0.3, -0.25) is 9.59 Å². The number of carbonyl (C=O) groups excluding carboxylic acids is 1. The van der Waals surface area contributed by atoms with Gasteiger partial charge in [-0.1, -0.05) is 0 Å². The number of aromatic amines is 1. The normalized spacial score (nSPS) is 11.5. The Balaban J connectivity index is 1.77. The van der Waals surface area contributed by atoms with E-state index >= 15 is 0 Å². The number of hydrogen-bond donors (Lipinski definition) is 2. The zero-order valence-electron chi connectivity index (χ0n) is 16.6. The maximum absolute atomic E-state index is 12.9. The van der Waals surface area contributed by atoms with Crippen molar-refractivity contribution in [1.29, 1.82) is 0 Å². The maximum atomic E-state index is 12.9. The summed E-state index contributed by atoms with van der Waals surface area (Å²) in [4.78, 5) is 26.4. The second-order valence-electron chi connectivity index (χ2n) is 6.48. The van der Waals surface area contributed by atoms with Crippen molar-refractivity contribution in [2.45, 2.75) is 4.90 Å². The Labute approximate surface area is 173 Å². The lowest BCUT2D eigenvalue weighted by atomic mass is 10.2. The molecule has 3 aromatic rings. The van der Waals surface area contributed by atoms with E-state index in [1.165, 1.54) is 51.6 Å². The van der Waals surface area contributed by atoms with Crippen LogP contribution in [0, 0.1) is 0 Å². The van der Waals surface area contributed by atoms with E-state index in [1.807, 2.05) is 0 Å². The zero-order valence-corrected chi connectivity index (χ0v) is 17.4. The molecule has 10 heteroatoms.